The molecule has 3 rings (SSSR count). The molecule has 0 aliphatic heterocycles. The zero-order chi connectivity index (χ0) is 21.7. The van der Waals surface area contributed by atoms with E-state index in [1.807, 2.05) is 18.4 Å². The van der Waals surface area contributed by atoms with Gasteiger partial charge in [-0.25, -0.2) is 4.39 Å². The van der Waals surface area contributed by atoms with Crippen LogP contribution in [-0.4, -0.2) is 17.3 Å². The number of thiocarbonyl (C=S) groups is 1. The predicted octanol–water partition coefficient (Wildman–Crippen LogP) is 6.92. The summed E-state index contributed by atoms with van der Waals surface area (Å²) in [4.78, 5) is 13.2. The highest BCUT2D eigenvalue weighted by Gasteiger charge is 2.12. The van der Waals surface area contributed by atoms with E-state index in [4.69, 9.17) is 35.4 Å². The number of rotatable bonds is 5. The molecule has 4 nitrogen and oxygen atoms in total. The van der Waals surface area contributed by atoms with Gasteiger partial charge in [0.25, 0.3) is 5.91 Å². The van der Waals surface area contributed by atoms with Crippen LogP contribution >= 0.6 is 47.2 Å². The topological polar surface area (TPSA) is 53.2 Å². The van der Waals surface area contributed by atoms with Gasteiger partial charge in [-0.05, 0) is 67.0 Å². The van der Waals surface area contributed by atoms with Crippen LogP contribution in [0, 0.1) is 5.82 Å². The maximum absolute atomic E-state index is 13.7. The molecule has 3 aromatic rings. The van der Waals surface area contributed by atoms with E-state index in [2.05, 4.69) is 16.0 Å². The highest BCUT2D eigenvalue weighted by atomic mass is 35.5. The summed E-state index contributed by atoms with van der Waals surface area (Å²) in [7, 11) is 0. The second-order valence-corrected chi connectivity index (χ2v) is 8.13. The lowest BCUT2D eigenvalue weighted by Crippen LogP contribution is -2.19. The van der Waals surface area contributed by atoms with Crippen molar-refractivity contribution < 1.29 is 9.18 Å². The fourth-order valence-corrected chi connectivity index (χ4v) is 3.89. The fraction of sp³-hybridized carbons (Fsp3) is 0.0476. The molecule has 154 valence electrons. The standard InChI is InChI=1S/C21H16Cl2FN3OS2/c1-30-19-9-7-13(11-16(19)23)26-21(29)27-18-8-6-12(10-15(18)22)25-20(28)14-4-2-3-5-17(14)24/h2-11H,1H3,(H,25,28)(H2,26,27,29). The van der Waals surface area contributed by atoms with Crippen LogP contribution in [0.4, 0.5) is 21.5 Å². The Morgan fingerprint density at radius 2 is 1.60 bits per heavy atom. The van der Waals surface area contributed by atoms with Gasteiger partial charge in [-0.15, -0.1) is 11.8 Å². The molecule has 0 fully saturated rings. The number of nitrogens with one attached hydrogen (secondary N) is 3. The van der Waals surface area contributed by atoms with E-state index < -0.39 is 11.7 Å². The van der Waals surface area contributed by atoms with Gasteiger partial charge in [-0.2, -0.15) is 0 Å². The summed E-state index contributed by atoms with van der Waals surface area (Å²) >= 11 is 19.4. The van der Waals surface area contributed by atoms with E-state index in [0.29, 0.717) is 26.5 Å². The Balaban J connectivity index is 1.65. The Hall–Kier alpha value is -2.32. The second-order valence-electron chi connectivity index (χ2n) is 6.06. The van der Waals surface area contributed by atoms with Crippen LogP contribution < -0.4 is 16.0 Å². The highest BCUT2D eigenvalue weighted by molar-refractivity contribution is 7.98. The third-order valence-corrected chi connectivity index (χ3v) is 5.74. The average molecular weight is 480 g/mol. The number of halogens is 3. The van der Waals surface area contributed by atoms with Crippen molar-refractivity contribution in [1.82, 2.24) is 0 Å². The van der Waals surface area contributed by atoms with Gasteiger partial charge >= 0.3 is 0 Å². The van der Waals surface area contributed by atoms with Crippen molar-refractivity contribution >= 4 is 75.3 Å². The minimum Gasteiger partial charge on any atom is -0.332 e. The first kappa shape index (κ1) is 22.4. The molecule has 0 atom stereocenters. The number of amides is 1. The zero-order valence-corrected chi connectivity index (χ0v) is 18.8. The summed E-state index contributed by atoms with van der Waals surface area (Å²) in [6, 6.07) is 16.2. The van der Waals surface area contributed by atoms with E-state index >= 15 is 0 Å². The van der Waals surface area contributed by atoms with Gasteiger partial charge in [0.05, 0.1) is 21.3 Å². The van der Waals surface area contributed by atoms with Crippen LogP contribution in [0.1, 0.15) is 10.4 Å². The molecule has 3 N–H and O–H groups in total. The first-order valence-corrected chi connectivity index (χ1v) is 11.0. The van der Waals surface area contributed by atoms with Crippen molar-refractivity contribution in [2.45, 2.75) is 4.90 Å². The Bertz CT molecular complexity index is 1110. The predicted molar refractivity (Wildman–Crippen MR) is 129 cm³/mol. The summed E-state index contributed by atoms with van der Waals surface area (Å²) in [5, 5.41) is 9.95. The van der Waals surface area contributed by atoms with E-state index in [-0.39, 0.29) is 5.56 Å². The van der Waals surface area contributed by atoms with Crippen molar-refractivity contribution in [3.8, 4) is 0 Å². The fourth-order valence-electron chi connectivity index (χ4n) is 2.57. The second kappa shape index (κ2) is 10.1. The van der Waals surface area contributed by atoms with Gasteiger partial charge in [0, 0.05) is 16.3 Å². The van der Waals surface area contributed by atoms with Crippen molar-refractivity contribution in [3.63, 3.8) is 0 Å². The maximum Gasteiger partial charge on any atom is 0.258 e. The SMILES string of the molecule is CSc1ccc(NC(=S)Nc2ccc(NC(=O)c3ccccc3F)cc2Cl)cc1Cl. The van der Waals surface area contributed by atoms with Crippen molar-refractivity contribution in [2.24, 2.45) is 0 Å². The number of thioether (sulfide) groups is 1. The molecule has 30 heavy (non-hydrogen) atoms. The molecule has 3 aromatic carbocycles. The molecule has 0 aliphatic carbocycles. The smallest absolute Gasteiger partial charge is 0.258 e. The molecular weight excluding hydrogens is 464 g/mol. The minimum atomic E-state index is -0.596. The Morgan fingerprint density at radius 1 is 0.933 bits per heavy atom. The van der Waals surface area contributed by atoms with Gasteiger partial charge in [-0.1, -0.05) is 35.3 Å². The lowest BCUT2D eigenvalue weighted by Gasteiger charge is -2.14. The van der Waals surface area contributed by atoms with E-state index in [1.165, 1.54) is 18.2 Å². The molecule has 0 aliphatic rings. The van der Waals surface area contributed by atoms with Crippen molar-refractivity contribution in [1.29, 1.82) is 0 Å². The van der Waals surface area contributed by atoms with E-state index in [1.54, 1.807) is 42.1 Å². The Kier molecular flexibility index (Phi) is 7.55. The average Bonchev–Trinajstić information content (AvgIpc) is 2.70. The Labute approximate surface area is 193 Å². The quantitative estimate of drug-likeness (QED) is 0.274. The van der Waals surface area contributed by atoms with Crippen LogP contribution in [0.25, 0.3) is 0 Å². The van der Waals surface area contributed by atoms with E-state index in [9.17, 15) is 9.18 Å². The minimum absolute atomic E-state index is 0.0487. The molecule has 0 unspecified atom stereocenters. The highest BCUT2D eigenvalue weighted by Crippen LogP contribution is 2.29. The van der Waals surface area contributed by atoms with Crippen LogP contribution in [0.15, 0.2) is 65.6 Å². The molecule has 0 bridgehead atoms. The Morgan fingerprint density at radius 3 is 2.27 bits per heavy atom. The molecule has 0 saturated heterocycles. The first-order valence-electron chi connectivity index (χ1n) is 8.64. The number of hydrogen-bond donors (Lipinski definition) is 3. The normalized spacial score (nSPS) is 10.4. The van der Waals surface area contributed by atoms with Crippen LogP contribution in [-0.2, 0) is 0 Å². The van der Waals surface area contributed by atoms with Crippen molar-refractivity contribution in [2.75, 3.05) is 22.2 Å². The summed E-state index contributed by atoms with van der Waals surface area (Å²) < 4.78 is 13.7. The molecule has 0 aromatic heterocycles. The monoisotopic (exact) mass is 479 g/mol. The van der Waals surface area contributed by atoms with E-state index in [0.717, 1.165) is 10.6 Å². The molecule has 0 heterocycles. The third kappa shape index (κ3) is 5.64. The van der Waals surface area contributed by atoms with Gasteiger partial charge in [0.2, 0.25) is 0 Å². The lowest BCUT2D eigenvalue weighted by atomic mass is 10.2. The lowest BCUT2D eigenvalue weighted by molar-refractivity contribution is 0.102. The largest absolute Gasteiger partial charge is 0.332 e. The van der Waals surface area contributed by atoms with Crippen molar-refractivity contribution in [3.05, 3.63) is 82.1 Å². The number of carbonyl (C=O) groups is 1. The van der Waals surface area contributed by atoms with Crippen LogP contribution in [0.2, 0.25) is 10.0 Å². The number of benzene rings is 3. The van der Waals surface area contributed by atoms with Gasteiger partial charge in [0.1, 0.15) is 5.82 Å². The zero-order valence-electron chi connectivity index (χ0n) is 15.6. The number of anilines is 3. The molecule has 9 heteroatoms. The number of carbonyl (C=O) groups excluding carboxylic acids is 1. The third-order valence-electron chi connectivity index (χ3n) is 4.00. The molecular formula is C21H16Cl2FN3OS2. The van der Waals surface area contributed by atoms with Crippen LogP contribution in [0.5, 0.6) is 0 Å². The summed E-state index contributed by atoms with van der Waals surface area (Å²) in [5.41, 5.74) is 1.66. The summed E-state index contributed by atoms with van der Waals surface area (Å²) in [6.45, 7) is 0. The number of hydrogen-bond acceptors (Lipinski definition) is 3. The molecule has 1 amide bonds. The summed E-state index contributed by atoms with van der Waals surface area (Å²) in [5.74, 6) is -1.16. The van der Waals surface area contributed by atoms with Gasteiger partial charge in [-0.3, -0.25) is 4.79 Å². The molecule has 0 radical (unpaired) electrons. The maximum atomic E-state index is 13.7. The van der Waals surface area contributed by atoms with Gasteiger partial charge in [0.15, 0.2) is 5.11 Å². The molecule has 0 spiro atoms. The summed E-state index contributed by atoms with van der Waals surface area (Å²) in [6.07, 6.45) is 1.95. The van der Waals surface area contributed by atoms with Crippen LogP contribution in [0.3, 0.4) is 0 Å². The first-order chi connectivity index (χ1) is 14.4. The molecule has 0 saturated carbocycles. The van der Waals surface area contributed by atoms with Gasteiger partial charge < -0.3 is 16.0 Å².